The molecule has 10 heteroatoms. The molecule has 0 unspecified atom stereocenters. The second-order valence-electron chi connectivity index (χ2n) is 7.05. The lowest BCUT2D eigenvalue weighted by atomic mass is 10.1. The standard InChI is InChI=1S/C22H14F3N5O2/c23-22(24,25)16-2-4-17(5-3-16)30-11-14(8-27-30)13-1-6-19-18(7-13)20(10-26-19)29-21(31)15-9-28-32-12-15/h1-12,26H,(H,29,31). The van der Waals surface area contributed by atoms with Crippen molar-refractivity contribution in [1.29, 1.82) is 0 Å². The molecule has 0 bridgehead atoms. The number of benzene rings is 2. The molecule has 0 saturated heterocycles. The largest absolute Gasteiger partial charge is 0.416 e. The Hall–Kier alpha value is -4.34. The zero-order chi connectivity index (χ0) is 22.3. The van der Waals surface area contributed by atoms with Crippen LogP contribution in [0.4, 0.5) is 18.9 Å². The fourth-order valence-electron chi connectivity index (χ4n) is 3.33. The number of hydrogen-bond donors (Lipinski definition) is 2. The highest BCUT2D eigenvalue weighted by Crippen LogP contribution is 2.31. The maximum Gasteiger partial charge on any atom is 0.416 e. The van der Waals surface area contributed by atoms with Crippen molar-refractivity contribution in [2.45, 2.75) is 6.18 Å². The highest BCUT2D eigenvalue weighted by atomic mass is 19.4. The molecule has 3 aromatic heterocycles. The SMILES string of the molecule is O=C(Nc1c[nH]c2ccc(-c3cnn(-c4ccc(C(F)(F)F)cc4)c3)cc12)c1cnoc1. The Bertz CT molecular complexity index is 1400. The summed E-state index contributed by atoms with van der Waals surface area (Å²) >= 11 is 0. The summed E-state index contributed by atoms with van der Waals surface area (Å²) in [6.45, 7) is 0. The quantitative estimate of drug-likeness (QED) is 0.400. The fraction of sp³-hybridized carbons (Fsp3) is 0.0455. The van der Waals surface area contributed by atoms with Crippen LogP contribution < -0.4 is 5.32 Å². The van der Waals surface area contributed by atoms with Crippen molar-refractivity contribution < 1.29 is 22.5 Å². The average Bonchev–Trinajstić information content (AvgIpc) is 3.54. The molecule has 2 N–H and O–H groups in total. The lowest BCUT2D eigenvalue weighted by molar-refractivity contribution is -0.137. The molecule has 32 heavy (non-hydrogen) atoms. The van der Waals surface area contributed by atoms with Crippen molar-refractivity contribution in [3.05, 3.63) is 84.6 Å². The number of alkyl halides is 3. The smallest absolute Gasteiger partial charge is 0.364 e. The lowest BCUT2D eigenvalue weighted by Gasteiger charge is -2.07. The molecule has 3 heterocycles. The van der Waals surface area contributed by atoms with Gasteiger partial charge >= 0.3 is 6.18 Å². The number of anilines is 1. The van der Waals surface area contributed by atoms with E-state index in [0.717, 1.165) is 34.2 Å². The molecule has 5 aromatic rings. The van der Waals surface area contributed by atoms with Crippen LogP contribution >= 0.6 is 0 Å². The van der Waals surface area contributed by atoms with Crippen LogP contribution in [0.3, 0.4) is 0 Å². The first-order chi connectivity index (χ1) is 15.4. The molecule has 2 aromatic carbocycles. The van der Waals surface area contributed by atoms with Gasteiger partial charge in [-0.3, -0.25) is 4.79 Å². The molecule has 5 rings (SSSR count). The Morgan fingerprint density at radius 3 is 2.59 bits per heavy atom. The highest BCUT2D eigenvalue weighted by Gasteiger charge is 2.30. The van der Waals surface area contributed by atoms with Gasteiger partial charge in [0.1, 0.15) is 6.26 Å². The topological polar surface area (TPSA) is 88.7 Å². The minimum Gasteiger partial charge on any atom is -0.364 e. The first kappa shape index (κ1) is 19.6. The van der Waals surface area contributed by atoms with E-state index in [1.165, 1.54) is 29.3 Å². The maximum absolute atomic E-state index is 12.8. The Balaban J connectivity index is 1.43. The molecule has 0 atom stereocenters. The van der Waals surface area contributed by atoms with Crippen molar-refractivity contribution in [2.24, 2.45) is 0 Å². The minimum absolute atomic E-state index is 0.299. The van der Waals surface area contributed by atoms with E-state index in [1.807, 2.05) is 18.2 Å². The van der Waals surface area contributed by atoms with Gasteiger partial charge in [0.25, 0.3) is 5.91 Å². The molecular weight excluding hydrogens is 423 g/mol. The van der Waals surface area contributed by atoms with E-state index in [-0.39, 0.29) is 5.91 Å². The third-order valence-electron chi connectivity index (χ3n) is 5.00. The summed E-state index contributed by atoms with van der Waals surface area (Å²) in [6, 6.07) is 10.4. The first-order valence-corrected chi connectivity index (χ1v) is 9.43. The third-order valence-corrected chi connectivity index (χ3v) is 5.00. The molecule has 0 saturated carbocycles. The molecule has 1 amide bonds. The number of nitrogens with one attached hydrogen (secondary N) is 2. The van der Waals surface area contributed by atoms with Crippen molar-refractivity contribution in [3.63, 3.8) is 0 Å². The number of H-pyrrole nitrogens is 1. The number of rotatable bonds is 4. The molecule has 0 aliphatic carbocycles. The number of halogens is 3. The van der Waals surface area contributed by atoms with E-state index >= 15 is 0 Å². The number of aromatic nitrogens is 4. The summed E-state index contributed by atoms with van der Waals surface area (Å²) in [5.41, 5.74) is 3.10. The second kappa shape index (κ2) is 7.41. The zero-order valence-electron chi connectivity index (χ0n) is 16.2. The average molecular weight is 437 g/mol. The van der Waals surface area contributed by atoms with Gasteiger partial charge < -0.3 is 14.8 Å². The summed E-state index contributed by atoms with van der Waals surface area (Å²) in [7, 11) is 0. The van der Waals surface area contributed by atoms with Crippen molar-refractivity contribution in [1.82, 2.24) is 19.9 Å². The van der Waals surface area contributed by atoms with E-state index in [0.29, 0.717) is 16.9 Å². The number of nitrogens with zero attached hydrogens (tertiary/aromatic N) is 3. The normalized spacial score (nSPS) is 11.7. The van der Waals surface area contributed by atoms with Gasteiger partial charge in [0.05, 0.1) is 34.9 Å². The van der Waals surface area contributed by atoms with E-state index in [1.54, 1.807) is 18.6 Å². The van der Waals surface area contributed by atoms with Crippen LogP contribution in [0.15, 0.2) is 78.0 Å². The van der Waals surface area contributed by atoms with Crippen LogP contribution in [0.2, 0.25) is 0 Å². The molecule has 160 valence electrons. The van der Waals surface area contributed by atoms with Crippen molar-refractivity contribution >= 4 is 22.5 Å². The van der Waals surface area contributed by atoms with E-state index < -0.39 is 11.7 Å². The Morgan fingerprint density at radius 1 is 1.06 bits per heavy atom. The van der Waals surface area contributed by atoms with Gasteiger partial charge in [-0.1, -0.05) is 11.2 Å². The van der Waals surface area contributed by atoms with E-state index in [2.05, 4.69) is 20.6 Å². The number of fused-ring (bicyclic) bond motifs is 1. The number of carbonyl (C=O) groups excluding carboxylic acids is 1. The fourth-order valence-corrected chi connectivity index (χ4v) is 3.33. The zero-order valence-corrected chi connectivity index (χ0v) is 16.2. The Morgan fingerprint density at radius 2 is 1.88 bits per heavy atom. The monoisotopic (exact) mass is 437 g/mol. The molecule has 0 fully saturated rings. The van der Waals surface area contributed by atoms with Gasteiger partial charge in [-0.05, 0) is 42.0 Å². The molecular formula is C22H14F3N5O2. The summed E-state index contributed by atoms with van der Waals surface area (Å²) in [5, 5.41) is 11.4. The van der Waals surface area contributed by atoms with Crippen molar-refractivity contribution in [2.75, 3.05) is 5.32 Å². The summed E-state index contributed by atoms with van der Waals surface area (Å²) in [5.74, 6) is -0.354. The molecule has 0 radical (unpaired) electrons. The molecule has 0 spiro atoms. The van der Waals surface area contributed by atoms with E-state index in [4.69, 9.17) is 4.52 Å². The Labute approximate surface area is 178 Å². The maximum atomic E-state index is 12.8. The summed E-state index contributed by atoms with van der Waals surface area (Å²) in [6.07, 6.45) is 3.23. The number of hydrogen-bond acceptors (Lipinski definition) is 4. The van der Waals surface area contributed by atoms with Gasteiger partial charge in [-0.25, -0.2) is 4.68 Å². The third kappa shape index (κ3) is 3.62. The molecule has 7 nitrogen and oxygen atoms in total. The van der Waals surface area contributed by atoms with Crippen molar-refractivity contribution in [3.8, 4) is 16.8 Å². The van der Waals surface area contributed by atoms with Crippen LogP contribution in [0.25, 0.3) is 27.7 Å². The highest BCUT2D eigenvalue weighted by molar-refractivity contribution is 6.09. The van der Waals surface area contributed by atoms with Gasteiger partial charge in [0, 0.05) is 28.9 Å². The van der Waals surface area contributed by atoms with Crippen LogP contribution in [0.1, 0.15) is 15.9 Å². The first-order valence-electron chi connectivity index (χ1n) is 9.43. The number of amides is 1. The van der Waals surface area contributed by atoms with Crippen LogP contribution in [-0.4, -0.2) is 25.8 Å². The predicted octanol–water partition coefficient (Wildman–Crippen LogP) is 5.28. The lowest BCUT2D eigenvalue weighted by Crippen LogP contribution is -2.10. The summed E-state index contributed by atoms with van der Waals surface area (Å²) in [4.78, 5) is 15.4. The van der Waals surface area contributed by atoms with E-state index in [9.17, 15) is 18.0 Å². The van der Waals surface area contributed by atoms with Crippen LogP contribution in [-0.2, 0) is 6.18 Å². The van der Waals surface area contributed by atoms with Gasteiger partial charge in [0.15, 0.2) is 0 Å². The van der Waals surface area contributed by atoms with Gasteiger partial charge in [-0.2, -0.15) is 18.3 Å². The van der Waals surface area contributed by atoms with Gasteiger partial charge in [0.2, 0.25) is 0 Å². The van der Waals surface area contributed by atoms with Gasteiger partial charge in [-0.15, -0.1) is 0 Å². The second-order valence-corrected chi connectivity index (χ2v) is 7.05. The summed E-state index contributed by atoms with van der Waals surface area (Å²) < 4.78 is 44.5. The number of carbonyl (C=O) groups is 1. The Kier molecular flexibility index (Phi) is 4.54. The predicted molar refractivity (Wildman–Crippen MR) is 110 cm³/mol. The molecule has 0 aliphatic heterocycles. The minimum atomic E-state index is -4.39. The van der Waals surface area contributed by atoms with Crippen LogP contribution in [0, 0.1) is 0 Å². The molecule has 0 aliphatic rings. The number of aromatic amines is 1. The van der Waals surface area contributed by atoms with Crippen LogP contribution in [0.5, 0.6) is 0 Å².